The van der Waals surface area contributed by atoms with E-state index in [0.717, 1.165) is 16.3 Å². The van der Waals surface area contributed by atoms with E-state index in [9.17, 15) is 4.39 Å². The van der Waals surface area contributed by atoms with E-state index >= 15 is 0 Å². The Hall–Kier alpha value is -1.73. The first-order valence-corrected chi connectivity index (χ1v) is 6.04. The van der Waals surface area contributed by atoms with Gasteiger partial charge in [-0.2, -0.15) is 5.26 Å². The van der Waals surface area contributed by atoms with Crippen LogP contribution in [0.15, 0.2) is 29.6 Å². The van der Waals surface area contributed by atoms with E-state index in [4.69, 9.17) is 5.26 Å². The Morgan fingerprint density at radius 2 is 1.94 bits per heavy atom. The maximum Gasteiger partial charge on any atom is 0.123 e. The van der Waals surface area contributed by atoms with Crippen molar-refractivity contribution in [3.05, 3.63) is 41.2 Å². The topological polar surface area (TPSA) is 36.7 Å². The van der Waals surface area contributed by atoms with Crippen LogP contribution in [0.2, 0.25) is 0 Å². The second-order valence-corrected chi connectivity index (χ2v) is 5.14. The molecule has 0 spiro atoms. The van der Waals surface area contributed by atoms with Crippen molar-refractivity contribution >= 4 is 11.3 Å². The van der Waals surface area contributed by atoms with Crippen LogP contribution in [0.5, 0.6) is 0 Å². The molecule has 0 bridgehead atoms. The van der Waals surface area contributed by atoms with Crippen molar-refractivity contribution in [3.63, 3.8) is 0 Å². The van der Waals surface area contributed by atoms with Crippen molar-refractivity contribution in [3.8, 4) is 16.6 Å². The molecule has 1 aromatic carbocycles. The third-order valence-corrected chi connectivity index (χ3v) is 3.41. The average molecular weight is 246 g/mol. The lowest BCUT2D eigenvalue weighted by molar-refractivity contribution is 0.628. The van der Waals surface area contributed by atoms with Crippen LogP contribution in [0.25, 0.3) is 10.6 Å². The van der Waals surface area contributed by atoms with Crippen LogP contribution in [0, 0.1) is 17.1 Å². The smallest absolute Gasteiger partial charge is 0.123 e. The molecule has 4 heteroatoms. The number of rotatable bonds is 2. The minimum atomic E-state index is -0.589. The predicted molar refractivity (Wildman–Crippen MR) is 66.1 cm³/mol. The van der Waals surface area contributed by atoms with Crippen LogP contribution in [-0.4, -0.2) is 4.98 Å². The number of nitriles is 1. The molecule has 2 aromatic rings. The maximum absolute atomic E-state index is 12.8. The van der Waals surface area contributed by atoms with Crippen molar-refractivity contribution in [1.29, 1.82) is 5.26 Å². The first-order valence-electron chi connectivity index (χ1n) is 5.16. The van der Waals surface area contributed by atoms with Crippen LogP contribution >= 0.6 is 11.3 Å². The third-order valence-electron chi connectivity index (χ3n) is 2.52. The Morgan fingerprint density at radius 3 is 2.53 bits per heavy atom. The lowest BCUT2D eigenvalue weighted by Crippen LogP contribution is -2.14. The van der Waals surface area contributed by atoms with Gasteiger partial charge in [-0.1, -0.05) is 0 Å². The van der Waals surface area contributed by atoms with Gasteiger partial charge in [0.25, 0.3) is 0 Å². The number of thiazole rings is 1. The molecule has 86 valence electrons. The average Bonchev–Trinajstić information content (AvgIpc) is 2.80. The molecule has 0 atom stereocenters. The fourth-order valence-electron chi connectivity index (χ4n) is 1.34. The van der Waals surface area contributed by atoms with Gasteiger partial charge in [-0.25, -0.2) is 9.37 Å². The maximum atomic E-state index is 12.8. The zero-order valence-electron chi connectivity index (χ0n) is 9.57. The molecule has 0 fully saturated rings. The number of hydrogen-bond acceptors (Lipinski definition) is 3. The van der Waals surface area contributed by atoms with Gasteiger partial charge in [0.05, 0.1) is 17.2 Å². The molecular formula is C13H11FN2S. The SMILES string of the molecule is CC(C)(C#N)c1csc(-c2ccc(F)cc2)n1. The van der Waals surface area contributed by atoms with Crippen LogP contribution in [0.1, 0.15) is 19.5 Å². The Bertz CT molecular complexity index is 564. The molecule has 1 heterocycles. The number of hydrogen-bond donors (Lipinski definition) is 0. The van der Waals surface area contributed by atoms with E-state index < -0.39 is 5.41 Å². The molecule has 2 rings (SSSR count). The van der Waals surface area contributed by atoms with Gasteiger partial charge in [0.2, 0.25) is 0 Å². The largest absolute Gasteiger partial charge is 0.239 e. The summed E-state index contributed by atoms with van der Waals surface area (Å²) in [5, 5.41) is 11.7. The molecule has 0 saturated heterocycles. The summed E-state index contributed by atoms with van der Waals surface area (Å²) in [6, 6.07) is 8.42. The minimum absolute atomic E-state index is 0.261. The van der Waals surface area contributed by atoms with Gasteiger partial charge in [0, 0.05) is 10.9 Å². The van der Waals surface area contributed by atoms with Crippen molar-refractivity contribution in [2.45, 2.75) is 19.3 Å². The molecule has 0 saturated carbocycles. The molecule has 1 aromatic heterocycles. The highest BCUT2D eigenvalue weighted by Crippen LogP contribution is 2.29. The summed E-state index contributed by atoms with van der Waals surface area (Å²) in [4.78, 5) is 4.43. The van der Waals surface area contributed by atoms with Gasteiger partial charge >= 0.3 is 0 Å². The first-order chi connectivity index (χ1) is 8.03. The summed E-state index contributed by atoms with van der Waals surface area (Å²) < 4.78 is 12.8. The van der Waals surface area contributed by atoms with E-state index in [1.165, 1.54) is 23.5 Å². The van der Waals surface area contributed by atoms with E-state index in [0.29, 0.717) is 0 Å². The zero-order chi connectivity index (χ0) is 12.5. The highest BCUT2D eigenvalue weighted by molar-refractivity contribution is 7.13. The lowest BCUT2D eigenvalue weighted by Gasteiger charge is -2.10. The summed E-state index contributed by atoms with van der Waals surface area (Å²) in [6.45, 7) is 3.66. The Labute approximate surface area is 103 Å². The molecule has 0 amide bonds. The molecule has 0 aliphatic heterocycles. The normalized spacial score (nSPS) is 11.2. The second-order valence-electron chi connectivity index (χ2n) is 4.28. The Balaban J connectivity index is 2.37. The summed E-state index contributed by atoms with van der Waals surface area (Å²) in [5.41, 5.74) is 1.04. The van der Waals surface area contributed by atoms with Gasteiger partial charge in [0.15, 0.2) is 0 Å². The zero-order valence-corrected chi connectivity index (χ0v) is 10.4. The van der Waals surface area contributed by atoms with Crippen molar-refractivity contribution in [2.75, 3.05) is 0 Å². The van der Waals surface area contributed by atoms with E-state index in [2.05, 4.69) is 11.1 Å². The molecule has 0 aliphatic rings. The number of halogens is 1. The first kappa shape index (κ1) is 11.7. The fraction of sp³-hybridized carbons (Fsp3) is 0.231. The number of benzene rings is 1. The van der Waals surface area contributed by atoms with Crippen LogP contribution in [-0.2, 0) is 5.41 Å². The molecule has 0 radical (unpaired) electrons. The molecule has 0 unspecified atom stereocenters. The monoisotopic (exact) mass is 246 g/mol. The highest BCUT2D eigenvalue weighted by Gasteiger charge is 2.23. The molecule has 0 N–H and O–H groups in total. The van der Waals surface area contributed by atoms with Gasteiger partial charge < -0.3 is 0 Å². The van der Waals surface area contributed by atoms with E-state index in [1.54, 1.807) is 12.1 Å². The number of nitrogens with zero attached hydrogens (tertiary/aromatic N) is 2. The van der Waals surface area contributed by atoms with Crippen LogP contribution in [0.4, 0.5) is 4.39 Å². The fourth-order valence-corrected chi connectivity index (χ4v) is 2.34. The van der Waals surface area contributed by atoms with Crippen LogP contribution < -0.4 is 0 Å². The molecule has 17 heavy (non-hydrogen) atoms. The van der Waals surface area contributed by atoms with Crippen molar-refractivity contribution in [1.82, 2.24) is 4.98 Å². The Morgan fingerprint density at radius 1 is 1.29 bits per heavy atom. The van der Waals surface area contributed by atoms with E-state index in [1.807, 2.05) is 19.2 Å². The lowest BCUT2D eigenvalue weighted by atomic mass is 9.92. The molecule has 2 nitrogen and oxygen atoms in total. The third kappa shape index (κ3) is 2.34. The predicted octanol–water partition coefficient (Wildman–Crippen LogP) is 3.75. The quantitative estimate of drug-likeness (QED) is 0.809. The summed E-state index contributed by atoms with van der Waals surface area (Å²) in [7, 11) is 0. The molecule has 0 aliphatic carbocycles. The summed E-state index contributed by atoms with van der Waals surface area (Å²) >= 11 is 1.47. The summed E-state index contributed by atoms with van der Waals surface area (Å²) in [5.74, 6) is -0.261. The van der Waals surface area contributed by atoms with Gasteiger partial charge in [-0.3, -0.25) is 0 Å². The second kappa shape index (κ2) is 4.27. The molecular weight excluding hydrogens is 235 g/mol. The summed E-state index contributed by atoms with van der Waals surface area (Å²) in [6.07, 6.45) is 0. The van der Waals surface area contributed by atoms with E-state index in [-0.39, 0.29) is 5.82 Å². The van der Waals surface area contributed by atoms with Gasteiger partial charge in [-0.05, 0) is 38.1 Å². The Kier molecular flexibility index (Phi) is 2.95. The number of aromatic nitrogens is 1. The van der Waals surface area contributed by atoms with Crippen molar-refractivity contribution < 1.29 is 4.39 Å². The highest BCUT2D eigenvalue weighted by atomic mass is 32.1. The van der Waals surface area contributed by atoms with Crippen molar-refractivity contribution in [2.24, 2.45) is 0 Å². The standard InChI is InChI=1S/C13H11FN2S/c1-13(2,8-15)11-7-17-12(16-11)9-3-5-10(14)6-4-9/h3-7H,1-2H3. The minimum Gasteiger partial charge on any atom is -0.239 e. The van der Waals surface area contributed by atoms with Gasteiger partial charge in [-0.15, -0.1) is 11.3 Å². The van der Waals surface area contributed by atoms with Gasteiger partial charge in [0.1, 0.15) is 10.8 Å². The van der Waals surface area contributed by atoms with Crippen LogP contribution in [0.3, 0.4) is 0 Å².